The first-order valence-electron chi connectivity index (χ1n) is 5.29. The number of carbonyl (C=O) groups is 2. The minimum Gasteiger partial charge on any atom is -0.355 e. The molecule has 1 aromatic carbocycles. The van der Waals surface area contributed by atoms with Crippen molar-refractivity contribution < 1.29 is 9.59 Å². The minimum absolute atomic E-state index is 0.0854. The molecule has 16 heavy (non-hydrogen) atoms. The summed E-state index contributed by atoms with van der Waals surface area (Å²) in [7, 11) is 0. The van der Waals surface area contributed by atoms with Crippen molar-refractivity contribution in [2.45, 2.75) is 19.3 Å². The van der Waals surface area contributed by atoms with Crippen LogP contribution in [0.25, 0.3) is 0 Å². The molecule has 0 saturated carbocycles. The molecule has 1 aliphatic rings. The Morgan fingerprint density at radius 1 is 1.50 bits per heavy atom. The summed E-state index contributed by atoms with van der Waals surface area (Å²) in [5, 5.41) is 5.54. The van der Waals surface area contributed by atoms with E-state index in [4.69, 9.17) is 0 Å². The average molecular weight is 218 g/mol. The third kappa shape index (κ3) is 2.39. The Bertz CT molecular complexity index is 429. The molecular formula is C12H14N2O2. The van der Waals surface area contributed by atoms with Crippen LogP contribution in [0.5, 0.6) is 0 Å². The van der Waals surface area contributed by atoms with E-state index in [9.17, 15) is 9.59 Å². The topological polar surface area (TPSA) is 58.2 Å². The molecule has 84 valence electrons. The van der Waals surface area contributed by atoms with Gasteiger partial charge in [0.1, 0.15) is 0 Å². The highest BCUT2D eigenvalue weighted by Gasteiger charge is 2.22. The van der Waals surface area contributed by atoms with E-state index < -0.39 is 0 Å². The van der Waals surface area contributed by atoms with Crippen molar-refractivity contribution in [2.24, 2.45) is 0 Å². The van der Waals surface area contributed by atoms with Crippen molar-refractivity contribution in [1.29, 1.82) is 0 Å². The monoisotopic (exact) mass is 218 g/mol. The highest BCUT2D eigenvalue weighted by Crippen LogP contribution is 2.25. The fraction of sp³-hybridized carbons (Fsp3) is 0.333. The van der Waals surface area contributed by atoms with Crippen LogP contribution in [0.3, 0.4) is 0 Å². The van der Waals surface area contributed by atoms with Crippen LogP contribution in [0.15, 0.2) is 24.3 Å². The van der Waals surface area contributed by atoms with Crippen molar-refractivity contribution in [1.82, 2.24) is 5.32 Å². The maximum Gasteiger partial charge on any atom is 0.221 e. The van der Waals surface area contributed by atoms with Gasteiger partial charge in [0, 0.05) is 31.5 Å². The second-order valence-electron chi connectivity index (χ2n) is 4.01. The van der Waals surface area contributed by atoms with Gasteiger partial charge in [0.2, 0.25) is 11.8 Å². The predicted molar refractivity (Wildman–Crippen MR) is 61.1 cm³/mol. The first-order valence-corrected chi connectivity index (χ1v) is 5.29. The highest BCUT2D eigenvalue weighted by atomic mass is 16.2. The van der Waals surface area contributed by atoms with E-state index in [0.717, 1.165) is 11.3 Å². The van der Waals surface area contributed by atoms with E-state index in [1.165, 1.54) is 6.92 Å². The number of carbonyl (C=O) groups excluding carboxylic acids is 2. The smallest absolute Gasteiger partial charge is 0.221 e. The van der Waals surface area contributed by atoms with Gasteiger partial charge in [-0.25, -0.2) is 0 Å². The Kier molecular flexibility index (Phi) is 2.90. The summed E-state index contributed by atoms with van der Waals surface area (Å²) in [5.41, 5.74) is 1.87. The number of nitrogens with one attached hydrogen (secondary N) is 2. The lowest BCUT2D eigenvalue weighted by atomic mass is 9.98. The second-order valence-corrected chi connectivity index (χ2v) is 4.01. The van der Waals surface area contributed by atoms with Crippen LogP contribution in [0.1, 0.15) is 24.8 Å². The van der Waals surface area contributed by atoms with Gasteiger partial charge in [0.25, 0.3) is 0 Å². The molecule has 1 saturated heterocycles. The highest BCUT2D eigenvalue weighted by molar-refractivity contribution is 5.88. The zero-order valence-electron chi connectivity index (χ0n) is 9.12. The SMILES string of the molecule is CC(=O)Nc1cccc(C2CNC(=O)C2)c1. The summed E-state index contributed by atoms with van der Waals surface area (Å²) < 4.78 is 0. The Labute approximate surface area is 94.0 Å². The normalized spacial score (nSPS) is 19.3. The fourth-order valence-corrected chi connectivity index (χ4v) is 1.91. The van der Waals surface area contributed by atoms with Gasteiger partial charge in [0.05, 0.1) is 0 Å². The van der Waals surface area contributed by atoms with Crippen LogP contribution in [-0.4, -0.2) is 18.4 Å². The zero-order chi connectivity index (χ0) is 11.5. The van der Waals surface area contributed by atoms with Crippen molar-refractivity contribution in [3.8, 4) is 0 Å². The number of hydrogen-bond donors (Lipinski definition) is 2. The van der Waals surface area contributed by atoms with Gasteiger partial charge in [-0.05, 0) is 17.7 Å². The lowest BCUT2D eigenvalue weighted by molar-refractivity contribution is -0.119. The van der Waals surface area contributed by atoms with Gasteiger partial charge in [-0.2, -0.15) is 0 Å². The van der Waals surface area contributed by atoms with E-state index >= 15 is 0 Å². The third-order valence-corrected chi connectivity index (χ3v) is 2.66. The zero-order valence-corrected chi connectivity index (χ0v) is 9.12. The Morgan fingerprint density at radius 3 is 2.94 bits per heavy atom. The van der Waals surface area contributed by atoms with Crippen molar-refractivity contribution in [3.63, 3.8) is 0 Å². The van der Waals surface area contributed by atoms with E-state index in [-0.39, 0.29) is 17.7 Å². The maximum atomic E-state index is 11.1. The van der Waals surface area contributed by atoms with Crippen molar-refractivity contribution in [3.05, 3.63) is 29.8 Å². The summed E-state index contributed by atoms with van der Waals surface area (Å²) in [4.78, 5) is 22.0. The summed E-state index contributed by atoms with van der Waals surface area (Å²) in [6.45, 7) is 2.16. The molecule has 1 aliphatic heterocycles. The molecule has 0 bridgehead atoms. The van der Waals surface area contributed by atoms with E-state index in [0.29, 0.717) is 13.0 Å². The van der Waals surface area contributed by atoms with Gasteiger partial charge in [-0.15, -0.1) is 0 Å². The van der Waals surface area contributed by atoms with Crippen LogP contribution < -0.4 is 10.6 Å². The van der Waals surface area contributed by atoms with Gasteiger partial charge in [-0.1, -0.05) is 12.1 Å². The molecule has 1 atom stereocenters. The molecule has 2 rings (SSSR count). The van der Waals surface area contributed by atoms with Gasteiger partial charge < -0.3 is 10.6 Å². The van der Waals surface area contributed by atoms with Crippen LogP contribution in [0.2, 0.25) is 0 Å². The van der Waals surface area contributed by atoms with Gasteiger partial charge in [-0.3, -0.25) is 9.59 Å². The minimum atomic E-state index is -0.0854. The van der Waals surface area contributed by atoms with Crippen LogP contribution >= 0.6 is 0 Å². The molecule has 1 unspecified atom stereocenters. The van der Waals surface area contributed by atoms with E-state index in [1.54, 1.807) is 0 Å². The van der Waals surface area contributed by atoms with Crippen molar-refractivity contribution in [2.75, 3.05) is 11.9 Å². The second kappa shape index (κ2) is 4.35. The number of rotatable bonds is 2. The van der Waals surface area contributed by atoms with Gasteiger partial charge >= 0.3 is 0 Å². The molecule has 0 radical (unpaired) electrons. The summed E-state index contributed by atoms with van der Waals surface area (Å²) in [6, 6.07) is 7.64. The number of amides is 2. The molecule has 1 aromatic rings. The predicted octanol–water partition coefficient (Wildman–Crippen LogP) is 1.25. The summed E-state index contributed by atoms with van der Waals surface area (Å²) in [5.74, 6) is 0.230. The number of benzene rings is 1. The number of anilines is 1. The molecule has 1 heterocycles. The fourth-order valence-electron chi connectivity index (χ4n) is 1.91. The lowest BCUT2D eigenvalue weighted by Gasteiger charge is -2.09. The van der Waals surface area contributed by atoms with Gasteiger partial charge in [0.15, 0.2) is 0 Å². The summed E-state index contributed by atoms with van der Waals surface area (Å²) >= 11 is 0. The van der Waals surface area contributed by atoms with E-state index in [2.05, 4.69) is 10.6 Å². The molecule has 2 N–H and O–H groups in total. The van der Waals surface area contributed by atoms with Crippen LogP contribution in [-0.2, 0) is 9.59 Å². The molecule has 0 aliphatic carbocycles. The largest absolute Gasteiger partial charge is 0.355 e. The first kappa shape index (κ1) is 10.7. The molecule has 1 fully saturated rings. The lowest BCUT2D eigenvalue weighted by Crippen LogP contribution is -2.13. The molecule has 0 aromatic heterocycles. The Morgan fingerprint density at radius 2 is 2.31 bits per heavy atom. The Hall–Kier alpha value is -1.84. The summed E-state index contributed by atoms with van der Waals surface area (Å²) in [6.07, 6.45) is 0.531. The van der Waals surface area contributed by atoms with Crippen LogP contribution in [0.4, 0.5) is 5.69 Å². The molecule has 2 amide bonds. The average Bonchev–Trinajstić information content (AvgIpc) is 2.64. The Balaban J connectivity index is 2.15. The third-order valence-electron chi connectivity index (χ3n) is 2.66. The first-order chi connectivity index (χ1) is 7.65. The molecule has 0 spiro atoms. The molecular weight excluding hydrogens is 204 g/mol. The molecule has 4 nitrogen and oxygen atoms in total. The van der Waals surface area contributed by atoms with E-state index in [1.807, 2.05) is 24.3 Å². The quantitative estimate of drug-likeness (QED) is 0.784. The standard InChI is InChI=1S/C12H14N2O2/c1-8(15)14-11-4-2-3-9(5-11)10-6-12(16)13-7-10/h2-5,10H,6-7H2,1H3,(H,13,16)(H,14,15). The van der Waals surface area contributed by atoms with Crippen molar-refractivity contribution >= 4 is 17.5 Å². The maximum absolute atomic E-state index is 11.1. The number of hydrogen-bond acceptors (Lipinski definition) is 2. The van der Waals surface area contributed by atoms with Crippen LogP contribution in [0, 0.1) is 0 Å². The molecule has 4 heteroatoms.